The highest BCUT2D eigenvalue weighted by molar-refractivity contribution is 6.32. The van der Waals surface area contributed by atoms with Crippen LogP contribution in [0.4, 0.5) is 0 Å². The van der Waals surface area contributed by atoms with Gasteiger partial charge >= 0.3 is 0 Å². The monoisotopic (exact) mass is 333 g/mol. The second kappa shape index (κ2) is 5.67. The summed E-state index contributed by atoms with van der Waals surface area (Å²) in [6, 6.07) is 10.5. The molecule has 0 N–H and O–H groups in total. The van der Waals surface area contributed by atoms with Gasteiger partial charge in [0, 0.05) is 22.2 Å². The number of aromatic nitrogens is 1. The normalized spacial score (nSPS) is 10.9. The van der Waals surface area contributed by atoms with E-state index in [-0.39, 0.29) is 0 Å². The smallest absolute Gasteiger partial charge is 0.229 e. The van der Waals surface area contributed by atoms with Crippen molar-refractivity contribution in [3.05, 3.63) is 69.0 Å². The molecule has 0 saturated carbocycles. The molecule has 0 aliphatic carbocycles. The molecule has 3 aromatic rings. The average molecular weight is 334 g/mol. The minimum atomic E-state index is 0.465. The van der Waals surface area contributed by atoms with Crippen LogP contribution in [0.25, 0.3) is 10.9 Å². The summed E-state index contributed by atoms with van der Waals surface area (Å²) in [4.78, 5) is 0. The summed E-state index contributed by atoms with van der Waals surface area (Å²) in [6.45, 7) is 3.85. The molecule has 3 rings (SSSR count). The first-order valence-corrected chi connectivity index (χ1v) is 7.47. The van der Waals surface area contributed by atoms with Crippen molar-refractivity contribution < 1.29 is 9.47 Å². The van der Waals surface area contributed by atoms with E-state index in [0.29, 0.717) is 27.4 Å². The number of nitrogens with zero attached hydrogens (tertiary/aromatic N) is 1. The van der Waals surface area contributed by atoms with E-state index in [4.69, 9.17) is 27.9 Å². The minimum Gasteiger partial charge on any atom is -0.618 e. The van der Waals surface area contributed by atoms with Crippen LogP contribution in [0, 0.1) is 19.1 Å². The first-order valence-electron chi connectivity index (χ1n) is 6.72. The molecule has 112 valence electrons. The number of pyridine rings is 1. The quantitative estimate of drug-likeness (QED) is 0.478. The summed E-state index contributed by atoms with van der Waals surface area (Å²) in [6.07, 6.45) is 1.41. The number of hydrogen-bond donors (Lipinski definition) is 0. The Kier molecular flexibility index (Phi) is 3.85. The van der Waals surface area contributed by atoms with Crippen molar-refractivity contribution in [1.29, 1.82) is 0 Å². The molecule has 0 amide bonds. The molecule has 0 bridgehead atoms. The Hall–Kier alpha value is -1.97. The van der Waals surface area contributed by atoms with E-state index in [1.165, 1.54) is 6.20 Å². The third-order valence-corrected chi connectivity index (χ3v) is 4.29. The first-order chi connectivity index (χ1) is 10.5. The fraction of sp³-hybridized carbons (Fsp3) is 0.118. The molecule has 0 radical (unpaired) electrons. The lowest BCUT2D eigenvalue weighted by molar-refractivity contribution is -0.577. The van der Waals surface area contributed by atoms with Gasteiger partial charge in [0.15, 0.2) is 6.20 Å². The van der Waals surface area contributed by atoms with E-state index in [1.807, 2.05) is 26.0 Å². The van der Waals surface area contributed by atoms with Gasteiger partial charge in [-0.3, -0.25) is 0 Å². The first kappa shape index (κ1) is 14.9. The highest BCUT2D eigenvalue weighted by atomic mass is 35.5. The minimum absolute atomic E-state index is 0.465. The summed E-state index contributed by atoms with van der Waals surface area (Å²) in [5, 5.41) is 13.8. The van der Waals surface area contributed by atoms with Crippen LogP contribution in [0.15, 0.2) is 42.6 Å². The van der Waals surface area contributed by atoms with Crippen LogP contribution in [0.5, 0.6) is 11.5 Å². The zero-order valence-corrected chi connectivity index (χ0v) is 13.6. The van der Waals surface area contributed by atoms with Crippen LogP contribution in [0.2, 0.25) is 10.0 Å². The van der Waals surface area contributed by atoms with Crippen molar-refractivity contribution >= 4 is 34.1 Å². The highest BCUT2D eigenvalue weighted by Gasteiger charge is 2.12. The van der Waals surface area contributed by atoms with Crippen molar-refractivity contribution in [2.75, 3.05) is 0 Å². The Morgan fingerprint density at radius 2 is 1.68 bits per heavy atom. The molecule has 0 aliphatic heterocycles. The maximum atomic E-state index is 11.9. The SMILES string of the molecule is Cc1cc(Oc2cc[n+]([O-])c3cc(Cl)ccc23)cc(C)c1Cl. The summed E-state index contributed by atoms with van der Waals surface area (Å²) in [7, 11) is 0. The number of halogens is 2. The maximum absolute atomic E-state index is 11.9. The van der Waals surface area contributed by atoms with Crippen molar-refractivity contribution in [2.45, 2.75) is 13.8 Å². The van der Waals surface area contributed by atoms with E-state index in [2.05, 4.69) is 0 Å². The summed E-state index contributed by atoms with van der Waals surface area (Å²) in [5.41, 5.74) is 2.35. The van der Waals surface area contributed by atoms with Gasteiger partial charge in [-0.15, -0.1) is 0 Å². The Labute approximate surface area is 138 Å². The van der Waals surface area contributed by atoms with Gasteiger partial charge in [0.25, 0.3) is 0 Å². The second-order valence-corrected chi connectivity index (χ2v) is 5.95. The van der Waals surface area contributed by atoms with Crippen molar-refractivity contribution in [3.63, 3.8) is 0 Å². The zero-order valence-electron chi connectivity index (χ0n) is 12.1. The third-order valence-electron chi connectivity index (χ3n) is 3.46. The number of fused-ring (bicyclic) bond motifs is 1. The molecule has 1 aromatic heterocycles. The van der Waals surface area contributed by atoms with Crippen LogP contribution < -0.4 is 9.47 Å². The van der Waals surface area contributed by atoms with Crippen LogP contribution >= 0.6 is 23.2 Å². The van der Waals surface area contributed by atoms with E-state index < -0.39 is 0 Å². The lowest BCUT2D eigenvalue weighted by Crippen LogP contribution is -2.25. The summed E-state index contributed by atoms with van der Waals surface area (Å²) < 4.78 is 6.72. The van der Waals surface area contributed by atoms with Gasteiger partial charge in [0.05, 0.1) is 5.39 Å². The number of ether oxygens (including phenoxy) is 1. The fourth-order valence-electron chi connectivity index (χ4n) is 2.38. The van der Waals surface area contributed by atoms with Gasteiger partial charge < -0.3 is 9.94 Å². The van der Waals surface area contributed by atoms with Crippen molar-refractivity contribution in [1.82, 2.24) is 0 Å². The van der Waals surface area contributed by atoms with Gasteiger partial charge in [-0.25, -0.2) is 0 Å². The molecule has 1 heterocycles. The lowest BCUT2D eigenvalue weighted by atomic mass is 10.1. The molecule has 0 fully saturated rings. The molecular weight excluding hydrogens is 321 g/mol. The topological polar surface area (TPSA) is 36.2 Å². The molecule has 0 atom stereocenters. The van der Waals surface area contributed by atoms with Gasteiger partial charge in [0.2, 0.25) is 5.52 Å². The van der Waals surface area contributed by atoms with Gasteiger partial charge in [-0.1, -0.05) is 23.2 Å². The van der Waals surface area contributed by atoms with Crippen molar-refractivity contribution in [2.24, 2.45) is 0 Å². The Morgan fingerprint density at radius 1 is 1.00 bits per heavy atom. The van der Waals surface area contributed by atoms with E-state index >= 15 is 0 Å². The summed E-state index contributed by atoms with van der Waals surface area (Å²) >= 11 is 12.1. The van der Waals surface area contributed by atoms with Crippen LogP contribution in [0.1, 0.15) is 11.1 Å². The average Bonchev–Trinajstić information content (AvgIpc) is 2.48. The molecule has 0 unspecified atom stereocenters. The number of aryl methyl sites for hydroxylation is 2. The van der Waals surface area contributed by atoms with E-state index in [9.17, 15) is 5.21 Å². The lowest BCUT2D eigenvalue weighted by Gasteiger charge is -2.11. The molecular formula is C17H13Cl2NO2. The van der Waals surface area contributed by atoms with E-state index in [1.54, 1.807) is 24.3 Å². The number of benzene rings is 2. The molecule has 0 saturated heterocycles. The predicted molar refractivity (Wildman–Crippen MR) is 88.9 cm³/mol. The highest BCUT2D eigenvalue weighted by Crippen LogP contribution is 2.32. The largest absolute Gasteiger partial charge is 0.618 e. The molecule has 0 spiro atoms. The van der Waals surface area contributed by atoms with Gasteiger partial charge in [-0.2, -0.15) is 4.73 Å². The Balaban J connectivity index is 2.10. The maximum Gasteiger partial charge on any atom is 0.229 e. The second-order valence-electron chi connectivity index (χ2n) is 5.14. The van der Waals surface area contributed by atoms with Crippen LogP contribution in [-0.2, 0) is 0 Å². The molecule has 3 nitrogen and oxygen atoms in total. The standard InChI is InChI=1S/C17H13Cl2NO2/c1-10-7-13(8-11(2)17(10)19)22-16-5-6-20(21)15-9-12(18)3-4-14(15)16/h3-9H,1-2H3. The van der Waals surface area contributed by atoms with E-state index in [0.717, 1.165) is 20.9 Å². The number of rotatable bonds is 2. The zero-order chi connectivity index (χ0) is 15.9. The summed E-state index contributed by atoms with van der Waals surface area (Å²) in [5.74, 6) is 1.28. The molecule has 2 aromatic carbocycles. The third kappa shape index (κ3) is 2.70. The van der Waals surface area contributed by atoms with Crippen molar-refractivity contribution in [3.8, 4) is 11.5 Å². The Bertz CT molecular complexity index is 855. The van der Waals surface area contributed by atoms with Gasteiger partial charge in [-0.05, 0) is 49.2 Å². The van der Waals surface area contributed by atoms with Crippen LogP contribution in [-0.4, -0.2) is 0 Å². The number of hydrogen-bond acceptors (Lipinski definition) is 2. The van der Waals surface area contributed by atoms with Crippen LogP contribution in [0.3, 0.4) is 0 Å². The Morgan fingerprint density at radius 3 is 2.36 bits per heavy atom. The fourth-order valence-corrected chi connectivity index (χ4v) is 2.66. The molecule has 22 heavy (non-hydrogen) atoms. The van der Waals surface area contributed by atoms with Gasteiger partial charge in [0.1, 0.15) is 11.5 Å². The predicted octanol–water partition coefficient (Wildman–Crippen LogP) is 5.19. The molecule has 0 aliphatic rings. The molecule has 5 heteroatoms.